The number of aromatic nitrogens is 2. The van der Waals surface area contributed by atoms with Crippen LogP contribution in [0.25, 0.3) is 5.69 Å². The second-order valence-electron chi connectivity index (χ2n) is 5.84. The van der Waals surface area contributed by atoms with E-state index in [2.05, 4.69) is 41.8 Å². The van der Waals surface area contributed by atoms with E-state index in [-0.39, 0.29) is 5.41 Å². The summed E-state index contributed by atoms with van der Waals surface area (Å²) in [7, 11) is 1.65. The number of hydrogen-bond donors (Lipinski definition) is 1. The Hall–Kier alpha value is -1.49. The minimum atomic E-state index is -0.0892. The predicted molar refractivity (Wildman–Crippen MR) is 85.7 cm³/mol. The fourth-order valence-electron chi connectivity index (χ4n) is 2.13. The predicted octanol–water partition coefficient (Wildman–Crippen LogP) is 3.83. The smallest absolute Gasteiger partial charge is 0.144 e. The molecule has 0 amide bonds. The summed E-state index contributed by atoms with van der Waals surface area (Å²) < 4.78 is 8.03. The van der Waals surface area contributed by atoms with E-state index < -0.39 is 0 Å². The molecule has 1 heterocycles. The molecule has 20 heavy (non-hydrogen) atoms. The van der Waals surface area contributed by atoms with Crippen LogP contribution in [0.3, 0.4) is 0 Å². The molecule has 5 heteroatoms. The van der Waals surface area contributed by atoms with E-state index in [0.717, 1.165) is 27.2 Å². The standard InChI is InChI=1S/C15H20BrN3O/c1-9-7-6-8-10(20-5)12(9)19-14(17)11(16)13(18-19)15(2,3)4/h6-8H,17H2,1-5H3. The van der Waals surface area contributed by atoms with E-state index >= 15 is 0 Å². The van der Waals surface area contributed by atoms with Crippen molar-refractivity contribution in [1.82, 2.24) is 9.78 Å². The van der Waals surface area contributed by atoms with Crippen molar-refractivity contribution in [3.05, 3.63) is 33.9 Å². The molecule has 0 saturated carbocycles. The monoisotopic (exact) mass is 337 g/mol. The van der Waals surface area contributed by atoms with Crippen molar-refractivity contribution in [3.63, 3.8) is 0 Å². The van der Waals surface area contributed by atoms with Gasteiger partial charge in [-0.05, 0) is 34.5 Å². The Bertz CT molecular complexity index is 641. The highest BCUT2D eigenvalue weighted by Gasteiger charge is 2.26. The molecule has 2 aromatic rings. The van der Waals surface area contributed by atoms with Crippen LogP contribution in [0.4, 0.5) is 5.82 Å². The number of nitrogens with zero attached hydrogens (tertiary/aromatic N) is 2. The normalized spacial score (nSPS) is 11.7. The molecule has 0 radical (unpaired) electrons. The summed E-state index contributed by atoms with van der Waals surface area (Å²) in [6, 6.07) is 5.88. The van der Waals surface area contributed by atoms with Crippen molar-refractivity contribution in [2.75, 3.05) is 12.8 Å². The maximum Gasteiger partial charge on any atom is 0.144 e. The third kappa shape index (κ3) is 2.42. The van der Waals surface area contributed by atoms with Gasteiger partial charge < -0.3 is 10.5 Å². The van der Waals surface area contributed by atoms with Gasteiger partial charge >= 0.3 is 0 Å². The minimum absolute atomic E-state index is 0.0892. The number of para-hydroxylation sites is 1. The third-order valence-electron chi connectivity index (χ3n) is 3.20. The molecule has 4 nitrogen and oxygen atoms in total. The SMILES string of the molecule is COc1cccc(C)c1-n1nc(C(C)(C)C)c(Br)c1N. The number of hydrogen-bond acceptors (Lipinski definition) is 3. The Labute approximate surface area is 128 Å². The summed E-state index contributed by atoms with van der Waals surface area (Å²) in [5.74, 6) is 1.34. The molecule has 0 unspecified atom stereocenters. The number of methoxy groups -OCH3 is 1. The molecule has 1 aromatic carbocycles. The van der Waals surface area contributed by atoms with Gasteiger partial charge in [-0.3, -0.25) is 0 Å². The number of aryl methyl sites for hydroxylation is 1. The highest BCUT2D eigenvalue weighted by atomic mass is 79.9. The molecular weight excluding hydrogens is 318 g/mol. The fourth-order valence-corrected chi connectivity index (χ4v) is 2.97. The molecule has 0 saturated heterocycles. The molecule has 0 aliphatic heterocycles. The zero-order chi connectivity index (χ0) is 15.1. The molecule has 2 N–H and O–H groups in total. The van der Waals surface area contributed by atoms with Gasteiger partial charge in [0.05, 0.1) is 17.3 Å². The lowest BCUT2D eigenvalue weighted by molar-refractivity contribution is 0.411. The number of anilines is 1. The van der Waals surface area contributed by atoms with Gasteiger partial charge in [-0.25, -0.2) is 4.68 Å². The van der Waals surface area contributed by atoms with Gasteiger partial charge in [0.1, 0.15) is 17.3 Å². The van der Waals surface area contributed by atoms with Crippen molar-refractivity contribution in [2.45, 2.75) is 33.1 Å². The first-order chi connectivity index (χ1) is 9.27. The van der Waals surface area contributed by atoms with Crippen molar-refractivity contribution in [1.29, 1.82) is 0 Å². The van der Waals surface area contributed by atoms with Crippen molar-refractivity contribution in [2.24, 2.45) is 0 Å². The highest BCUT2D eigenvalue weighted by Crippen LogP contribution is 2.37. The van der Waals surface area contributed by atoms with Crippen LogP contribution in [0.5, 0.6) is 5.75 Å². The Morgan fingerprint density at radius 3 is 2.45 bits per heavy atom. The lowest BCUT2D eigenvalue weighted by Crippen LogP contribution is -2.13. The van der Waals surface area contributed by atoms with Crippen LogP contribution in [0, 0.1) is 6.92 Å². The van der Waals surface area contributed by atoms with E-state index in [1.54, 1.807) is 11.8 Å². The highest BCUT2D eigenvalue weighted by molar-refractivity contribution is 9.10. The largest absolute Gasteiger partial charge is 0.494 e. The Morgan fingerprint density at radius 1 is 1.30 bits per heavy atom. The first-order valence-corrected chi connectivity index (χ1v) is 7.25. The Kier molecular flexibility index (Phi) is 3.82. The van der Waals surface area contributed by atoms with Gasteiger partial charge in [-0.15, -0.1) is 0 Å². The molecule has 2 rings (SSSR count). The number of ether oxygens (including phenoxy) is 1. The van der Waals surface area contributed by atoms with Crippen LogP contribution in [0.15, 0.2) is 22.7 Å². The molecule has 0 bridgehead atoms. The third-order valence-corrected chi connectivity index (χ3v) is 3.99. The van der Waals surface area contributed by atoms with Gasteiger partial charge in [-0.1, -0.05) is 32.9 Å². The van der Waals surface area contributed by atoms with E-state index in [1.807, 2.05) is 25.1 Å². The molecule has 1 aromatic heterocycles. The number of benzene rings is 1. The first-order valence-electron chi connectivity index (χ1n) is 6.45. The van der Waals surface area contributed by atoms with E-state index in [1.165, 1.54) is 0 Å². The van der Waals surface area contributed by atoms with Crippen LogP contribution in [-0.2, 0) is 5.41 Å². The zero-order valence-electron chi connectivity index (χ0n) is 12.5. The second-order valence-corrected chi connectivity index (χ2v) is 6.63. The molecule has 0 fully saturated rings. The first kappa shape index (κ1) is 14.9. The molecular formula is C15H20BrN3O. The summed E-state index contributed by atoms with van der Waals surface area (Å²) in [6.45, 7) is 8.35. The number of halogens is 1. The Balaban J connectivity index is 2.72. The zero-order valence-corrected chi connectivity index (χ0v) is 14.1. The van der Waals surface area contributed by atoms with E-state index in [9.17, 15) is 0 Å². The van der Waals surface area contributed by atoms with Crippen molar-refractivity contribution in [3.8, 4) is 11.4 Å². The van der Waals surface area contributed by atoms with Crippen LogP contribution in [-0.4, -0.2) is 16.9 Å². The summed E-state index contributed by atoms with van der Waals surface area (Å²) in [5.41, 5.74) is 9.00. The van der Waals surface area contributed by atoms with Crippen molar-refractivity contribution < 1.29 is 4.74 Å². The molecule has 0 spiro atoms. The molecule has 0 aliphatic rings. The summed E-state index contributed by atoms with van der Waals surface area (Å²) >= 11 is 3.56. The fraction of sp³-hybridized carbons (Fsp3) is 0.400. The minimum Gasteiger partial charge on any atom is -0.494 e. The van der Waals surface area contributed by atoms with Gasteiger partial charge in [0.25, 0.3) is 0 Å². The van der Waals surface area contributed by atoms with Crippen LogP contribution < -0.4 is 10.5 Å². The molecule has 0 atom stereocenters. The van der Waals surface area contributed by atoms with E-state index in [4.69, 9.17) is 10.5 Å². The summed E-state index contributed by atoms with van der Waals surface area (Å²) in [5, 5.41) is 4.69. The summed E-state index contributed by atoms with van der Waals surface area (Å²) in [4.78, 5) is 0. The number of nitrogen functional groups attached to an aromatic ring is 1. The second kappa shape index (κ2) is 5.13. The maximum absolute atomic E-state index is 6.22. The number of rotatable bonds is 2. The lowest BCUT2D eigenvalue weighted by Gasteiger charge is -2.15. The molecule has 0 aliphatic carbocycles. The van der Waals surface area contributed by atoms with Crippen LogP contribution >= 0.6 is 15.9 Å². The topological polar surface area (TPSA) is 53.1 Å². The van der Waals surface area contributed by atoms with Gasteiger partial charge in [-0.2, -0.15) is 5.10 Å². The van der Waals surface area contributed by atoms with Gasteiger partial charge in [0.15, 0.2) is 0 Å². The quantitative estimate of drug-likeness (QED) is 0.905. The Morgan fingerprint density at radius 2 is 1.95 bits per heavy atom. The van der Waals surface area contributed by atoms with Crippen LogP contribution in [0.1, 0.15) is 32.0 Å². The average Bonchev–Trinajstić information content (AvgIpc) is 2.66. The van der Waals surface area contributed by atoms with Crippen molar-refractivity contribution >= 4 is 21.7 Å². The average molecular weight is 338 g/mol. The van der Waals surface area contributed by atoms with E-state index in [0.29, 0.717) is 5.82 Å². The lowest BCUT2D eigenvalue weighted by atomic mass is 9.92. The maximum atomic E-state index is 6.22. The van der Waals surface area contributed by atoms with Gasteiger partial charge in [0.2, 0.25) is 0 Å². The molecule has 108 valence electrons. The van der Waals surface area contributed by atoms with Gasteiger partial charge in [0, 0.05) is 5.41 Å². The number of nitrogens with two attached hydrogens (primary N) is 1. The van der Waals surface area contributed by atoms with Crippen LogP contribution in [0.2, 0.25) is 0 Å². The summed E-state index contributed by atoms with van der Waals surface area (Å²) in [6.07, 6.45) is 0.